The Kier molecular flexibility index (Phi) is 2.64. The van der Waals surface area contributed by atoms with Gasteiger partial charge in [0.2, 0.25) is 0 Å². The van der Waals surface area contributed by atoms with Crippen LogP contribution in [0.1, 0.15) is 5.56 Å². The fourth-order valence-electron chi connectivity index (χ4n) is 1.26. The van der Waals surface area contributed by atoms with Crippen LogP contribution in [0.4, 0.5) is 0 Å². The highest BCUT2D eigenvalue weighted by Gasteiger charge is 1.97. The van der Waals surface area contributed by atoms with E-state index in [1.165, 1.54) is 5.56 Å². The molecule has 0 aliphatic carbocycles. The first-order valence-corrected chi connectivity index (χ1v) is 5.23. The zero-order valence-electron chi connectivity index (χ0n) is 7.87. The number of hydrogen-bond donors (Lipinski definition) is 0. The molecule has 1 aromatic carbocycles. The van der Waals surface area contributed by atoms with Gasteiger partial charge in [0.15, 0.2) is 0 Å². The summed E-state index contributed by atoms with van der Waals surface area (Å²) < 4.78 is 1.09. The lowest BCUT2D eigenvalue weighted by Crippen LogP contribution is -1.83. The summed E-state index contributed by atoms with van der Waals surface area (Å²) in [6, 6.07) is 12.3. The molecule has 0 amide bonds. The molecule has 14 heavy (non-hydrogen) atoms. The molecule has 0 unspecified atom stereocenters. The van der Waals surface area contributed by atoms with Gasteiger partial charge in [-0.2, -0.15) is 0 Å². The van der Waals surface area contributed by atoms with Crippen molar-refractivity contribution < 1.29 is 0 Å². The summed E-state index contributed by atoms with van der Waals surface area (Å²) in [6.45, 7) is 2.04. The summed E-state index contributed by atoms with van der Waals surface area (Å²) >= 11 is 3.41. The molecule has 0 radical (unpaired) electrons. The van der Waals surface area contributed by atoms with Crippen LogP contribution in [0.3, 0.4) is 0 Å². The normalized spacial score (nSPS) is 10.1. The van der Waals surface area contributed by atoms with Gasteiger partial charge >= 0.3 is 0 Å². The van der Waals surface area contributed by atoms with E-state index in [9.17, 15) is 0 Å². The van der Waals surface area contributed by atoms with E-state index in [1.54, 1.807) is 0 Å². The first-order chi connectivity index (χ1) is 6.75. The molecule has 0 atom stereocenters. The molecular weight excluding hydrogens is 238 g/mol. The van der Waals surface area contributed by atoms with E-state index in [-0.39, 0.29) is 0 Å². The topological polar surface area (TPSA) is 12.9 Å². The van der Waals surface area contributed by atoms with Gasteiger partial charge in [0.1, 0.15) is 0 Å². The van der Waals surface area contributed by atoms with Crippen LogP contribution in [0.5, 0.6) is 0 Å². The molecule has 0 aliphatic rings. The van der Waals surface area contributed by atoms with Crippen molar-refractivity contribution in [1.29, 1.82) is 0 Å². The van der Waals surface area contributed by atoms with Crippen molar-refractivity contribution in [2.75, 3.05) is 0 Å². The molecule has 2 rings (SSSR count). The molecule has 0 saturated heterocycles. The van der Waals surface area contributed by atoms with E-state index in [1.807, 2.05) is 31.3 Å². The number of nitrogens with zero attached hydrogens (tertiary/aromatic N) is 1. The number of halogens is 1. The van der Waals surface area contributed by atoms with E-state index in [0.717, 1.165) is 15.7 Å². The summed E-state index contributed by atoms with van der Waals surface area (Å²) in [6.07, 6.45) is 1.89. The number of pyridine rings is 1. The van der Waals surface area contributed by atoms with Crippen LogP contribution in [-0.4, -0.2) is 4.98 Å². The Bertz CT molecular complexity index is 374. The Hall–Kier alpha value is -1.15. The predicted molar refractivity (Wildman–Crippen MR) is 62.1 cm³/mol. The van der Waals surface area contributed by atoms with Crippen LogP contribution < -0.4 is 0 Å². The van der Waals surface area contributed by atoms with Gasteiger partial charge < -0.3 is 0 Å². The van der Waals surface area contributed by atoms with Crippen LogP contribution in [0, 0.1) is 6.92 Å². The molecule has 0 N–H and O–H groups in total. The number of benzene rings is 1. The lowest BCUT2D eigenvalue weighted by Gasteiger charge is -2.00. The minimum Gasteiger partial charge on any atom is -0.256 e. The largest absolute Gasteiger partial charge is 0.256 e. The second kappa shape index (κ2) is 3.93. The van der Waals surface area contributed by atoms with Gasteiger partial charge in [0, 0.05) is 16.2 Å². The minimum atomic E-state index is 1.02. The van der Waals surface area contributed by atoms with Gasteiger partial charge in [-0.3, -0.25) is 4.98 Å². The Morgan fingerprint density at radius 2 is 1.71 bits per heavy atom. The summed E-state index contributed by atoms with van der Waals surface area (Å²) in [5, 5.41) is 0. The van der Waals surface area contributed by atoms with Gasteiger partial charge in [0.25, 0.3) is 0 Å². The third kappa shape index (κ3) is 2.02. The fraction of sp³-hybridized carbons (Fsp3) is 0.0833. The van der Waals surface area contributed by atoms with Crippen molar-refractivity contribution in [2.24, 2.45) is 0 Å². The number of aromatic nitrogens is 1. The zero-order valence-corrected chi connectivity index (χ0v) is 9.45. The van der Waals surface area contributed by atoms with Crippen LogP contribution >= 0.6 is 15.9 Å². The van der Waals surface area contributed by atoms with Crippen molar-refractivity contribution in [2.45, 2.75) is 6.92 Å². The highest BCUT2D eigenvalue weighted by molar-refractivity contribution is 9.10. The molecule has 0 fully saturated rings. The van der Waals surface area contributed by atoms with Crippen molar-refractivity contribution in [1.82, 2.24) is 4.98 Å². The first-order valence-electron chi connectivity index (χ1n) is 4.44. The molecule has 1 nitrogen and oxygen atoms in total. The lowest BCUT2D eigenvalue weighted by atomic mass is 10.1. The molecule has 2 aromatic rings. The summed E-state index contributed by atoms with van der Waals surface area (Å²) in [7, 11) is 0. The molecule has 2 heteroatoms. The standard InChI is InChI=1S/C12H10BrN/c1-9-2-7-12(14-8-9)10-3-5-11(13)6-4-10/h2-8H,1H3. The van der Waals surface area contributed by atoms with Gasteiger partial charge in [-0.25, -0.2) is 0 Å². The van der Waals surface area contributed by atoms with Crippen LogP contribution in [0.2, 0.25) is 0 Å². The van der Waals surface area contributed by atoms with Gasteiger partial charge in [-0.05, 0) is 30.7 Å². The van der Waals surface area contributed by atoms with E-state index in [2.05, 4.69) is 39.1 Å². The summed E-state index contributed by atoms with van der Waals surface area (Å²) in [5.41, 5.74) is 3.35. The third-order valence-corrected chi connectivity index (χ3v) is 2.58. The zero-order chi connectivity index (χ0) is 9.97. The quantitative estimate of drug-likeness (QED) is 0.747. The maximum Gasteiger partial charge on any atom is 0.0702 e. The molecule has 0 bridgehead atoms. The second-order valence-electron chi connectivity index (χ2n) is 3.23. The van der Waals surface area contributed by atoms with Crippen LogP contribution in [0.15, 0.2) is 47.1 Å². The Labute approximate surface area is 91.9 Å². The van der Waals surface area contributed by atoms with Gasteiger partial charge in [0.05, 0.1) is 5.69 Å². The molecule has 1 aromatic heterocycles. The minimum absolute atomic E-state index is 1.02. The monoisotopic (exact) mass is 247 g/mol. The van der Waals surface area contributed by atoms with Crippen molar-refractivity contribution in [3.63, 3.8) is 0 Å². The summed E-state index contributed by atoms with van der Waals surface area (Å²) in [5.74, 6) is 0. The van der Waals surface area contributed by atoms with Gasteiger partial charge in [-0.1, -0.05) is 34.1 Å². The van der Waals surface area contributed by atoms with Crippen molar-refractivity contribution in [3.05, 3.63) is 52.6 Å². The Morgan fingerprint density at radius 1 is 1.00 bits per heavy atom. The van der Waals surface area contributed by atoms with Crippen molar-refractivity contribution in [3.8, 4) is 11.3 Å². The average molecular weight is 248 g/mol. The SMILES string of the molecule is Cc1ccc(-c2ccc(Br)cc2)nc1. The highest BCUT2D eigenvalue weighted by atomic mass is 79.9. The van der Waals surface area contributed by atoms with Crippen molar-refractivity contribution >= 4 is 15.9 Å². The fourth-order valence-corrected chi connectivity index (χ4v) is 1.52. The molecule has 1 heterocycles. The Morgan fingerprint density at radius 3 is 2.29 bits per heavy atom. The van der Waals surface area contributed by atoms with E-state index in [4.69, 9.17) is 0 Å². The van der Waals surface area contributed by atoms with E-state index in [0.29, 0.717) is 0 Å². The maximum absolute atomic E-state index is 4.36. The number of hydrogen-bond acceptors (Lipinski definition) is 1. The highest BCUT2D eigenvalue weighted by Crippen LogP contribution is 2.19. The average Bonchev–Trinajstić information content (AvgIpc) is 2.21. The van der Waals surface area contributed by atoms with Crippen LogP contribution in [-0.2, 0) is 0 Å². The number of rotatable bonds is 1. The first kappa shape index (κ1) is 9.41. The molecule has 70 valence electrons. The smallest absolute Gasteiger partial charge is 0.0702 e. The van der Waals surface area contributed by atoms with E-state index >= 15 is 0 Å². The third-order valence-electron chi connectivity index (χ3n) is 2.05. The van der Waals surface area contributed by atoms with Crippen LogP contribution in [0.25, 0.3) is 11.3 Å². The molecule has 0 saturated carbocycles. The predicted octanol–water partition coefficient (Wildman–Crippen LogP) is 3.82. The Balaban J connectivity index is 2.40. The summed E-state index contributed by atoms with van der Waals surface area (Å²) in [4.78, 5) is 4.36. The second-order valence-corrected chi connectivity index (χ2v) is 4.14. The van der Waals surface area contributed by atoms with Gasteiger partial charge in [-0.15, -0.1) is 0 Å². The maximum atomic E-state index is 4.36. The number of aryl methyl sites for hydroxylation is 1. The molecular formula is C12H10BrN. The van der Waals surface area contributed by atoms with E-state index < -0.39 is 0 Å². The molecule has 0 aliphatic heterocycles. The molecule has 0 spiro atoms. The lowest BCUT2D eigenvalue weighted by molar-refractivity contribution is 1.27.